The Kier molecular flexibility index (Phi) is 2.97. The molecule has 0 saturated carbocycles. The fourth-order valence-corrected chi connectivity index (χ4v) is 2.82. The molecule has 0 radical (unpaired) electrons. The molecule has 0 unspecified atom stereocenters. The lowest BCUT2D eigenvalue weighted by atomic mass is 9.94. The molecule has 2 heterocycles. The van der Waals surface area contributed by atoms with Gasteiger partial charge in [-0.15, -0.1) is 0 Å². The average molecular weight is 254 g/mol. The van der Waals surface area contributed by atoms with E-state index in [0.29, 0.717) is 0 Å². The summed E-state index contributed by atoms with van der Waals surface area (Å²) in [6, 6.07) is 8.43. The summed E-state index contributed by atoms with van der Waals surface area (Å²) in [6.45, 7) is 6.10. The van der Waals surface area contributed by atoms with Crippen LogP contribution in [-0.4, -0.2) is 36.2 Å². The monoisotopic (exact) mass is 254 g/mol. The number of amides is 1. The lowest BCUT2D eigenvalue weighted by Gasteiger charge is -2.28. The molecular weight excluding hydrogens is 236 g/mol. The minimum atomic E-state index is 0.155. The van der Waals surface area contributed by atoms with Gasteiger partial charge in [0.25, 0.3) is 0 Å². The van der Waals surface area contributed by atoms with E-state index >= 15 is 0 Å². The van der Waals surface area contributed by atoms with Crippen molar-refractivity contribution in [2.45, 2.75) is 20.3 Å². The zero-order valence-corrected chi connectivity index (χ0v) is 11.4. The van der Waals surface area contributed by atoms with Gasteiger partial charge in [0.1, 0.15) is 0 Å². The van der Waals surface area contributed by atoms with E-state index in [1.165, 1.54) is 22.3 Å². The van der Waals surface area contributed by atoms with Crippen molar-refractivity contribution < 1.29 is 4.79 Å². The molecule has 0 aromatic heterocycles. The van der Waals surface area contributed by atoms with Crippen LogP contribution in [0.2, 0.25) is 0 Å². The predicted molar refractivity (Wildman–Crippen MR) is 76.5 cm³/mol. The second kappa shape index (κ2) is 4.65. The highest BCUT2D eigenvalue weighted by Crippen LogP contribution is 2.27. The molecule has 0 N–H and O–H groups in total. The largest absolute Gasteiger partial charge is 0.338 e. The van der Waals surface area contributed by atoms with Crippen LogP contribution in [0.15, 0.2) is 40.4 Å². The highest BCUT2D eigenvalue weighted by Gasteiger charge is 2.27. The number of hydrogen-bond acceptors (Lipinski definition) is 2. The lowest BCUT2D eigenvalue weighted by molar-refractivity contribution is -0.128. The second-order valence-corrected chi connectivity index (χ2v) is 5.31. The number of carbonyl (C=O) groups excluding carboxylic acids is 1. The number of hydrogen-bond donors (Lipinski definition) is 0. The maximum Gasteiger partial charge on any atom is 0.219 e. The minimum Gasteiger partial charge on any atom is -0.338 e. The summed E-state index contributed by atoms with van der Waals surface area (Å²) >= 11 is 0. The maximum atomic E-state index is 11.5. The highest BCUT2D eigenvalue weighted by atomic mass is 16.2. The summed E-state index contributed by atoms with van der Waals surface area (Å²) in [6.07, 6.45) is 0.966. The van der Waals surface area contributed by atoms with Crippen LogP contribution in [0.5, 0.6) is 0 Å². The van der Waals surface area contributed by atoms with Crippen LogP contribution in [0.3, 0.4) is 0 Å². The Balaban J connectivity index is 1.93. The van der Waals surface area contributed by atoms with Gasteiger partial charge in [-0.25, -0.2) is 0 Å². The van der Waals surface area contributed by atoms with Gasteiger partial charge >= 0.3 is 0 Å². The molecule has 1 amide bonds. The van der Waals surface area contributed by atoms with Crippen molar-refractivity contribution in [3.05, 3.63) is 46.5 Å². The summed E-state index contributed by atoms with van der Waals surface area (Å²) in [4.78, 5) is 18.2. The van der Waals surface area contributed by atoms with Gasteiger partial charge in [0.2, 0.25) is 5.91 Å². The standard InChI is InChI=1S/C16H18N2O/c1-11-4-3-5-13(8-11)16-15-10-18(12(2)19)7-6-14(15)9-17-16/h3-5,8H,6-7,9-10H2,1-2H3. The van der Waals surface area contributed by atoms with E-state index < -0.39 is 0 Å². The molecule has 0 bridgehead atoms. The summed E-state index contributed by atoms with van der Waals surface area (Å²) in [5.41, 5.74) is 6.19. The molecule has 2 aliphatic rings. The van der Waals surface area contributed by atoms with Crippen molar-refractivity contribution >= 4 is 11.6 Å². The van der Waals surface area contributed by atoms with Gasteiger partial charge in [-0.2, -0.15) is 0 Å². The Morgan fingerprint density at radius 1 is 1.37 bits per heavy atom. The molecule has 19 heavy (non-hydrogen) atoms. The van der Waals surface area contributed by atoms with Gasteiger partial charge in [0.05, 0.1) is 12.3 Å². The van der Waals surface area contributed by atoms with E-state index in [1.807, 2.05) is 4.90 Å². The Morgan fingerprint density at radius 3 is 2.95 bits per heavy atom. The van der Waals surface area contributed by atoms with Crippen LogP contribution in [-0.2, 0) is 4.79 Å². The first kappa shape index (κ1) is 12.2. The quantitative estimate of drug-likeness (QED) is 0.757. The maximum absolute atomic E-state index is 11.5. The minimum absolute atomic E-state index is 0.155. The Bertz CT molecular complexity index is 599. The number of rotatable bonds is 1. The number of aryl methyl sites for hydroxylation is 1. The third kappa shape index (κ3) is 2.21. The van der Waals surface area contributed by atoms with Crippen molar-refractivity contribution in [3.8, 4) is 0 Å². The van der Waals surface area contributed by atoms with Gasteiger partial charge in [-0.05, 0) is 30.6 Å². The molecule has 1 aromatic carbocycles. The number of carbonyl (C=O) groups is 1. The van der Waals surface area contributed by atoms with Gasteiger partial charge < -0.3 is 4.90 Å². The molecule has 0 atom stereocenters. The fourth-order valence-electron chi connectivity index (χ4n) is 2.82. The number of benzene rings is 1. The van der Waals surface area contributed by atoms with E-state index in [4.69, 9.17) is 0 Å². The molecule has 0 spiro atoms. The summed E-state index contributed by atoms with van der Waals surface area (Å²) < 4.78 is 0. The normalized spacial score (nSPS) is 18.4. The lowest BCUT2D eigenvalue weighted by Crippen LogP contribution is -2.36. The number of aliphatic imine (C=N–C) groups is 1. The molecule has 0 fully saturated rings. The molecule has 3 nitrogen and oxygen atoms in total. The van der Waals surface area contributed by atoms with Crippen LogP contribution < -0.4 is 0 Å². The SMILES string of the molecule is CC(=O)N1CCC2=C(C1)C(c1cccc(C)c1)=NC2. The van der Waals surface area contributed by atoms with E-state index in [1.54, 1.807) is 6.92 Å². The van der Waals surface area contributed by atoms with Crippen molar-refractivity contribution in [3.63, 3.8) is 0 Å². The van der Waals surface area contributed by atoms with Crippen molar-refractivity contribution in [2.75, 3.05) is 19.6 Å². The van der Waals surface area contributed by atoms with Gasteiger partial charge in [0.15, 0.2) is 0 Å². The van der Waals surface area contributed by atoms with Gasteiger partial charge in [0, 0.05) is 25.6 Å². The Morgan fingerprint density at radius 2 is 2.21 bits per heavy atom. The first-order valence-corrected chi connectivity index (χ1v) is 6.73. The zero-order valence-electron chi connectivity index (χ0n) is 11.4. The van der Waals surface area contributed by atoms with Crippen LogP contribution in [0.1, 0.15) is 24.5 Å². The molecule has 0 aliphatic carbocycles. The van der Waals surface area contributed by atoms with Crippen molar-refractivity contribution in [2.24, 2.45) is 4.99 Å². The smallest absolute Gasteiger partial charge is 0.219 e. The van der Waals surface area contributed by atoms with Gasteiger partial charge in [-0.3, -0.25) is 9.79 Å². The van der Waals surface area contributed by atoms with Crippen LogP contribution >= 0.6 is 0 Å². The van der Waals surface area contributed by atoms with Crippen LogP contribution in [0, 0.1) is 6.92 Å². The van der Waals surface area contributed by atoms with Gasteiger partial charge in [-0.1, -0.05) is 23.8 Å². The molecule has 98 valence electrons. The third-order valence-corrected chi connectivity index (χ3v) is 3.91. The fraction of sp³-hybridized carbons (Fsp3) is 0.375. The molecular formula is C16H18N2O. The predicted octanol–water partition coefficient (Wildman–Crippen LogP) is 2.35. The van der Waals surface area contributed by atoms with Crippen LogP contribution in [0.4, 0.5) is 0 Å². The Labute approximate surface area is 113 Å². The van der Waals surface area contributed by atoms with E-state index in [-0.39, 0.29) is 5.91 Å². The second-order valence-electron chi connectivity index (χ2n) is 5.31. The van der Waals surface area contributed by atoms with Crippen molar-refractivity contribution in [1.82, 2.24) is 4.90 Å². The first-order valence-electron chi connectivity index (χ1n) is 6.73. The molecule has 3 rings (SSSR count). The third-order valence-electron chi connectivity index (χ3n) is 3.91. The average Bonchev–Trinajstić information content (AvgIpc) is 2.81. The van der Waals surface area contributed by atoms with Crippen molar-refractivity contribution in [1.29, 1.82) is 0 Å². The van der Waals surface area contributed by atoms with E-state index in [0.717, 1.165) is 31.8 Å². The zero-order chi connectivity index (χ0) is 13.4. The topological polar surface area (TPSA) is 32.7 Å². The summed E-state index contributed by atoms with van der Waals surface area (Å²) in [5, 5.41) is 0. The highest BCUT2D eigenvalue weighted by molar-refractivity contribution is 6.15. The number of nitrogens with zero attached hydrogens (tertiary/aromatic N) is 2. The molecule has 3 heteroatoms. The van der Waals surface area contributed by atoms with Crippen LogP contribution in [0.25, 0.3) is 0 Å². The molecule has 2 aliphatic heterocycles. The van der Waals surface area contributed by atoms with E-state index in [2.05, 4.69) is 36.2 Å². The summed E-state index contributed by atoms with van der Waals surface area (Å²) in [7, 11) is 0. The Hall–Kier alpha value is -1.90. The molecule has 1 aromatic rings. The summed E-state index contributed by atoms with van der Waals surface area (Å²) in [5.74, 6) is 0.155. The van der Waals surface area contributed by atoms with E-state index in [9.17, 15) is 4.79 Å². The molecule has 0 saturated heterocycles. The first-order chi connectivity index (χ1) is 9.15.